The van der Waals surface area contributed by atoms with Crippen LogP contribution in [0.1, 0.15) is 58.6 Å². The molecule has 9 heteroatoms. The van der Waals surface area contributed by atoms with E-state index in [0.717, 1.165) is 35.3 Å². The third-order valence-electron chi connectivity index (χ3n) is 6.59. The van der Waals surface area contributed by atoms with E-state index in [1.54, 1.807) is 42.5 Å². The van der Waals surface area contributed by atoms with Crippen LogP contribution in [0.5, 0.6) is 17.4 Å². The fourth-order valence-corrected chi connectivity index (χ4v) is 5.06. The normalized spacial score (nSPS) is 14.1. The molecule has 0 unspecified atom stereocenters. The zero-order valence-corrected chi connectivity index (χ0v) is 22.1. The number of nitrogens with zero attached hydrogens (tertiary/aromatic N) is 2. The summed E-state index contributed by atoms with van der Waals surface area (Å²) in [6, 6.07) is 14.1. The number of fused-ring (bicyclic) bond motifs is 2. The lowest BCUT2D eigenvalue weighted by molar-refractivity contribution is 0.0600. The topological polar surface area (TPSA) is 83.7 Å². The summed E-state index contributed by atoms with van der Waals surface area (Å²) >= 11 is 12.9. The smallest absolute Gasteiger partial charge is 0.337 e. The van der Waals surface area contributed by atoms with Crippen molar-refractivity contribution in [2.24, 2.45) is 0 Å². The second-order valence-electron chi connectivity index (χ2n) is 9.20. The van der Waals surface area contributed by atoms with E-state index in [2.05, 4.69) is 10.1 Å². The van der Waals surface area contributed by atoms with Gasteiger partial charge in [0.25, 0.3) is 0 Å². The first-order valence-electron chi connectivity index (χ1n) is 12.1. The van der Waals surface area contributed by atoms with E-state index in [0.29, 0.717) is 55.9 Å². The zero-order valence-electron chi connectivity index (χ0n) is 20.6. The fourth-order valence-electron chi connectivity index (χ4n) is 4.49. The van der Waals surface area contributed by atoms with Gasteiger partial charge in [-0.25, -0.2) is 9.78 Å². The number of aromatic nitrogens is 2. The summed E-state index contributed by atoms with van der Waals surface area (Å²) < 4.78 is 22.9. The molecule has 192 valence electrons. The van der Waals surface area contributed by atoms with Gasteiger partial charge in [0.1, 0.15) is 29.5 Å². The molecule has 4 aromatic rings. The lowest BCUT2D eigenvalue weighted by atomic mass is 10.0. The molecule has 7 nitrogen and oxygen atoms in total. The van der Waals surface area contributed by atoms with Crippen LogP contribution in [0.3, 0.4) is 0 Å². The number of carbonyl (C=O) groups is 1. The van der Waals surface area contributed by atoms with Crippen molar-refractivity contribution in [1.82, 2.24) is 10.1 Å². The van der Waals surface area contributed by atoms with Gasteiger partial charge < -0.3 is 18.7 Å². The Morgan fingerprint density at radius 1 is 1.08 bits per heavy atom. The first-order valence-corrected chi connectivity index (χ1v) is 12.8. The van der Waals surface area contributed by atoms with E-state index >= 15 is 0 Å². The Bertz CT molecular complexity index is 1590. The molecular formula is C29H22Cl2N2O5. The number of halogens is 2. The van der Waals surface area contributed by atoms with Crippen LogP contribution in [-0.2, 0) is 11.3 Å². The van der Waals surface area contributed by atoms with E-state index in [4.69, 9.17) is 41.9 Å². The van der Waals surface area contributed by atoms with Gasteiger partial charge >= 0.3 is 5.97 Å². The molecule has 6 rings (SSSR count). The molecular weight excluding hydrogens is 527 g/mol. The molecule has 1 aliphatic carbocycles. The van der Waals surface area contributed by atoms with Crippen molar-refractivity contribution < 1.29 is 23.5 Å². The van der Waals surface area contributed by atoms with Crippen LogP contribution in [0.25, 0.3) is 22.9 Å². The highest BCUT2D eigenvalue weighted by Gasteiger charge is 2.34. The Kier molecular flexibility index (Phi) is 6.33. The van der Waals surface area contributed by atoms with Gasteiger partial charge in [0.15, 0.2) is 5.75 Å². The van der Waals surface area contributed by atoms with Crippen molar-refractivity contribution in [3.8, 4) is 28.6 Å². The average Bonchev–Trinajstić information content (AvgIpc) is 3.69. The SMILES string of the molecule is COC(=O)c1ccc2c(c1)Oc1ccc(OCc3c(-c4c(Cl)cccc4Cl)noc3C3CC3)nc1C=C2C. The van der Waals surface area contributed by atoms with Gasteiger partial charge in [-0.2, -0.15) is 0 Å². The molecule has 0 atom stereocenters. The number of pyridine rings is 1. The number of rotatable bonds is 6. The largest absolute Gasteiger partial charge is 0.473 e. The summed E-state index contributed by atoms with van der Waals surface area (Å²) in [5.74, 6) is 2.18. The number of allylic oxidation sites excluding steroid dienone is 1. The number of hydrogen-bond acceptors (Lipinski definition) is 7. The van der Waals surface area contributed by atoms with Crippen molar-refractivity contribution in [2.45, 2.75) is 32.3 Å². The molecule has 2 aromatic carbocycles. The number of esters is 1. The van der Waals surface area contributed by atoms with Crippen LogP contribution in [0.2, 0.25) is 10.0 Å². The molecule has 0 spiro atoms. The van der Waals surface area contributed by atoms with E-state index in [1.807, 2.05) is 19.1 Å². The first-order chi connectivity index (χ1) is 18.4. The van der Waals surface area contributed by atoms with Gasteiger partial charge in [-0.05, 0) is 61.7 Å². The van der Waals surface area contributed by atoms with E-state index in [1.165, 1.54) is 7.11 Å². The summed E-state index contributed by atoms with van der Waals surface area (Å²) in [6.45, 7) is 2.15. The minimum absolute atomic E-state index is 0.185. The van der Waals surface area contributed by atoms with E-state index < -0.39 is 5.97 Å². The summed E-state index contributed by atoms with van der Waals surface area (Å²) in [5.41, 5.74) is 4.82. The first kappa shape index (κ1) is 24.5. The highest BCUT2D eigenvalue weighted by Crippen LogP contribution is 2.46. The van der Waals surface area contributed by atoms with Crippen molar-refractivity contribution in [3.63, 3.8) is 0 Å². The van der Waals surface area contributed by atoms with Crippen LogP contribution in [-0.4, -0.2) is 23.2 Å². The van der Waals surface area contributed by atoms with Gasteiger partial charge in [-0.15, -0.1) is 0 Å². The lowest BCUT2D eigenvalue weighted by Crippen LogP contribution is -2.03. The molecule has 1 aliphatic heterocycles. The van der Waals surface area contributed by atoms with Gasteiger partial charge in [-0.1, -0.05) is 40.5 Å². The Labute approximate surface area is 228 Å². The number of methoxy groups -OCH3 is 1. The molecule has 3 heterocycles. The minimum atomic E-state index is -0.430. The Morgan fingerprint density at radius 3 is 2.61 bits per heavy atom. The second-order valence-corrected chi connectivity index (χ2v) is 10.0. The summed E-state index contributed by atoms with van der Waals surface area (Å²) in [6.07, 6.45) is 4.00. The van der Waals surface area contributed by atoms with E-state index in [-0.39, 0.29) is 6.61 Å². The molecule has 0 bridgehead atoms. The monoisotopic (exact) mass is 548 g/mol. The maximum atomic E-state index is 12.0. The number of carbonyl (C=O) groups excluding carboxylic acids is 1. The number of hydrogen-bond donors (Lipinski definition) is 0. The molecule has 38 heavy (non-hydrogen) atoms. The standard InChI is InChI=1S/C29H22Cl2N2O5/c1-15-12-22-23(37-24-13-17(29(34)35-2)8-9-18(15)24)10-11-25(32-22)36-14-19-27(33-38-28(19)16-6-7-16)26-20(30)4-3-5-21(26)31/h3-5,8-13,16H,6-7,14H2,1-2H3. The van der Waals surface area contributed by atoms with Gasteiger partial charge in [0.2, 0.25) is 5.88 Å². The van der Waals surface area contributed by atoms with Crippen molar-refractivity contribution >= 4 is 40.8 Å². The predicted octanol–water partition coefficient (Wildman–Crippen LogP) is 7.95. The summed E-state index contributed by atoms with van der Waals surface area (Å²) in [7, 11) is 1.35. The van der Waals surface area contributed by atoms with Crippen LogP contribution >= 0.6 is 23.2 Å². The van der Waals surface area contributed by atoms with Gasteiger partial charge in [0, 0.05) is 23.1 Å². The highest BCUT2D eigenvalue weighted by molar-refractivity contribution is 6.39. The van der Waals surface area contributed by atoms with E-state index in [9.17, 15) is 4.79 Å². The lowest BCUT2D eigenvalue weighted by Gasteiger charge is -2.12. The highest BCUT2D eigenvalue weighted by atomic mass is 35.5. The van der Waals surface area contributed by atoms with Crippen molar-refractivity contribution in [1.29, 1.82) is 0 Å². The third kappa shape index (κ3) is 4.52. The fraction of sp³-hybridized carbons (Fsp3) is 0.207. The van der Waals surface area contributed by atoms with Crippen molar-refractivity contribution in [2.75, 3.05) is 7.11 Å². The molecule has 2 aromatic heterocycles. The molecule has 0 saturated heterocycles. The maximum Gasteiger partial charge on any atom is 0.337 e. The second kappa shape index (κ2) is 9.82. The Morgan fingerprint density at radius 2 is 1.87 bits per heavy atom. The third-order valence-corrected chi connectivity index (χ3v) is 7.22. The molecule has 1 fully saturated rings. The average molecular weight is 549 g/mol. The van der Waals surface area contributed by atoms with Gasteiger partial charge in [0.05, 0.1) is 28.3 Å². The van der Waals surface area contributed by atoms with Crippen LogP contribution in [0, 0.1) is 0 Å². The summed E-state index contributed by atoms with van der Waals surface area (Å²) in [4.78, 5) is 16.7. The van der Waals surface area contributed by atoms with Crippen molar-refractivity contribution in [3.05, 3.63) is 86.7 Å². The molecule has 0 radical (unpaired) electrons. The molecule has 0 amide bonds. The van der Waals surface area contributed by atoms with Crippen LogP contribution < -0.4 is 9.47 Å². The predicted molar refractivity (Wildman–Crippen MR) is 144 cm³/mol. The van der Waals surface area contributed by atoms with Crippen LogP contribution in [0.15, 0.2) is 53.1 Å². The molecule has 1 saturated carbocycles. The quantitative estimate of drug-likeness (QED) is 0.226. The zero-order chi connectivity index (χ0) is 26.4. The molecule has 0 N–H and O–H groups in total. The minimum Gasteiger partial charge on any atom is -0.473 e. The number of benzene rings is 2. The van der Waals surface area contributed by atoms with Crippen LogP contribution in [0.4, 0.5) is 0 Å². The maximum absolute atomic E-state index is 12.0. The Hall–Kier alpha value is -3.81. The Balaban J connectivity index is 1.30. The summed E-state index contributed by atoms with van der Waals surface area (Å²) in [5, 5.41) is 5.30. The molecule has 2 aliphatic rings. The van der Waals surface area contributed by atoms with Gasteiger partial charge in [-0.3, -0.25) is 0 Å². The number of ether oxygens (including phenoxy) is 3.